The Morgan fingerprint density at radius 3 is 2.36 bits per heavy atom. The lowest BCUT2D eigenvalue weighted by atomic mass is 10.0. The summed E-state index contributed by atoms with van der Waals surface area (Å²) in [5.41, 5.74) is 3.18. The van der Waals surface area contributed by atoms with Gasteiger partial charge in [0.15, 0.2) is 0 Å². The summed E-state index contributed by atoms with van der Waals surface area (Å²) >= 11 is 0. The maximum absolute atomic E-state index is 12.0. The average molecular weight is 295 g/mol. The molecule has 4 nitrogen and oxygen atoms in total. The van der Waals surface area contributed by atoms with Gasteiger partial charge in [-0.3, -0.25) is 4.79 Å². The first kappa shape index (κ1) is 14.3. The molecule has 2 aromatic carbocycles. The highest BCUT2D eigenvalue weighted by Crippen LogP contribution is 2.19. The Labute approximate surface area is 129 Å². The standard InChI is InChI=1S/C18H17NO3/c20-17(19-16-10-11-22-18(16)21)12-13-6-8-15(9-7-13)14-4-2-1-3-5-14/h1-9,16H,10-12H2,(H,19,20)/t16-/m1/s1. The lowest BCUT2D eigenvalue weighted by Gasteiger charge is -2.09. The molecule has 3 rings (SSSR count). The molecule has 1 fully saturated rings. The Balaban J connectivity index is 1.61. The largest absolute Gasteiger partial charge is 0.464 e. The number of nitrogens with one attached hydrogen (secondary N) is 1. The molecule has 1 amide bonds. The minimum atomic E-state index is -0.490. The molecule has 0 unspecified atom stereocenters. The molecule has 4 heteroatoms. The van der Waals surface area contributed by atoms with Crippen LogP contribution < -0.4 is 5.32 Å². The van der Waals surface area contributed by atoms with Crippen molar-refractivity contribution in [3.05, 3.63) is 60.2 Å². The van der Waals surface area contributed by atoms with Gasteiger partial charge in [0, 0.05) is 6.42 Å². The van der Waals surface area contributed by atoms with E-state index in [0.29, 0.717) is 13.0 Å². The van der Waals surface area contributed by atoms with E-state index in [-0.39, 0.29) is 18.3 Å². The van der Waals surface area contributed by atoms with E-state index in [1.165, 1.54) is 0 Å². The van der Waals surface area contributed by atoms with Crippen LogP contribution in [0.2, 0.25) is 0 Å². The number of benzene rings is 2. The molecule has 1 atom stereocenters. The molecule has 22 heavy (non-hydrogen) atoms. The molecule has 0 saturated carbocycles. The topological polar surface area (TPSA) is 55.4 Å². The Kier molecular flexibility index (Phi) is 4.19. The highest BCUT2D eigenvalue weighted by molar-refractivity contribution is 5.86. The predicted molar refractivity (Wildman–Crippen MR) is 83.1 cm³/mol. The van der Waals surface area contributed by atoms with Gasteiger partial charge >= 0.3 is 5.97 Å². The second kappa shape index (κ2) is 6.43. The first-order valence-electron chi connectivity index (χ1n) is 7.33. The quantitative estimate of drug-likeness (QED) is 0.881. The Hall–Kier alpha value is -2.62. The van der Waals surface area contributed by atoms with E-state index in [2.05, 4.69) is 5.32 Å². The zero-order valence-electron chi connectivity index (χ0n) is 12.1. The fourth-order valence-electron chi connectivity index (χ4n) is 2.50. The fourth-order valence-corrected chi connectivity index (χ4v) is 2.50. The van der Waals surface area contributed by atoms with Crippen molar-refractivity contribution in [1.82, 2.24) is 5.32 Å². The van der Waals surface area contributed by atoms with Crippen molar-refractivity contribution < 1.29 is 14.3 Å². The summed E-state index contributed by atoms with van der Waals surface area (Å²) in [5.74, 6) is -0.496. The number of hydrogen-bond acceptors (Lipinski definition) is 3. The molecule has 0 aromatic heterocycles. The van der Waals surface area contributed by atoms with Gasteiger partial charge in [0.1, 0.15) is 6.04 Å². The molecule has 1 heterocycles. The predicted octanol–water partition coefficient (Wildman–Crippen LogP) is 2.33. The summed E-state index contributed by atoms with van der Waals surface area (Å²) in [6.45, 7) is 0.384. The number of carbonyl (C=O) groups excluding carboxylic acids is 2. The molecule has 0 bridgehead atoms. The van der Waals surface area contributed by atoms with Crippen molar-refractivity contribution in [2.75, 3.05) is 6.61 Å². The van der Waals surface area contributed by atoms with Crippen molar-refractivity contribution in [3.8, 4) is 11.1 Å². The SMILES string of the molecule is O=C(Cc1ccc(-c2ccccc2)cc1)N[C@@H]1CCOC1=O. The molecule has 1 saturated heterocycles. The van der Waals surface area contributed by atoms with Crippen LogP contribution in [0.15, 0.2) is 54.6 Å². The summed E-state index contributed by atoms with van der Waals surface area (Å²) < 4.78 is 4.83. The van der Waals surface area contributed by atoms with Crippen LogP contribution in [0.3, 0.4) is 0 Å². The summed E-state index contributed by atoms with van der Waals surface area (Å²) in [6, 6.07) is 17.5. The Morgan fingerprint density at radius 2 is 1.73 bits per heavy atom. The summed E-state index contributed by atoms with van der Waals surface area (Å²) in [7, 11) is 0. The van der Waals surface area contributed by atoms with Crippen LogP contribution in [0.25, 0.3) is 11.1 Å². The zero-order valence-corrected chi connectivity index (χ0v) is 12.1. The number of cyclic esters (lactones) is 1. The first-order chi connectivity index (χ1) is 10.7. The molecule has 1 aliphatic heterocycles. The smallest absolute Gasteiger partial charge is 0.328 e. The van der Waals surface area contributed by atoms with Gasteiger partial charge in [-0.1, -0.05) is 54.6 Å². The third-order valence-electron chi connectivity index (χ3n) is 3.70. The molecule has 0 aliphatic carbocycles. The van der Waals surface area contributed by atoms with Gasteiger partial charge in [0.25, 0.3) is 0 Å². The fraction of sp³-hybridized carbons (Fsp3) is 0.222. The summed E-state index contributed by atoms with van der Waals surface area (Å²) in [4.78, 5) is 23.3. The second-order valence-corrected chi connectivity index (χ2v) is 5.32. The van der Waals surface area contributed by atoms with Crippen molar-refractivity contribution in [2.24, 2.45) is 0 Å². The van der Waals surface area contributed by atoms with Crippen LogP contribution >= 0.6 is 0 Å². The third kappa shape index (κ3) is 3.34. The lowest BCUT2D eigenvalue weighted by Crippen LogP contribution is -2.38. The monoisotopic (exact) mass is 295 g/mol. The summed E-state index contributed by atoms with van der Waals surface area (Å²) in [6.07, 6.45) is 0.816. The molecular formula is C18H17NO3. The van der Waals surface area contributed by atoms with E-state index in [1.54, 1.807) is 0 Å². The molecule has 0 spiro atoms. The highest BCUT2D eigenvalue weighted by atomic mass is 16.5. The van der Waals surface area contributed by atoms with Crippen molar-refractivity contribution >= 4 is 11.9 Å². The van der Waals surface area contributed by atoms with E-state index >= 15 is 0 Å². The van der Waals surface area contributed by atoms with Crippen molar-refractivity contribution in [1.29, 1.82) is 0 Å². The highest BCUT2D eigenvalue weighted by Gasteiger charge is 2.27. The molecular weight excluding hydrogens is 278 g/mol. The van der Waals surface area contributed by atoms with E-state index in [1.807, 2.05) is 54.6 Å². The van der Waals surface area contributed by atoms with Crippen LogP contribution in [0.4, 0.5) is 0 Å². The summed E-state index contributed by atoms with van der Waals surface area (Å²) in [5, 5.41) is 2.71. The number of ether oxygens (including phenoxy) is 1. The maximum Gasteiger partial charge on any atom is 0.328 e. The minimum absolute atomic E-state index is 0.156. The zero-order chi connectivity index (χ0) is 15.4. The maximum atomic E-state index is 12.0. The van der Waals surface area contributed by atoms with Gasteiger partial charge < -0.3 is 10.1 Å². The lowest BCUT2D eigenvalue weighted by molar-refractivity contribution is -0.141. The molecule has 112 valence electrons. The van der Waals surface area contributed by atoms with Gasteiger partial charge in [0.05, 0.1) is 13.0 Å². The molecule has 2 aromatic rings. The van der Waals surface area contributed by atoms with Gasteiger partial charge in [-0.25, -0.2) is 4.79 Å². The number of rotatable bonds is 4. The Morgan fingerprint density at radius 1 is 1.05 bits per heavy atom. The van der Waals surface area contributed by atoms with Crippen LogP contribution in [-0.4, -0.2) is 24.5 Å². The number of amides is 1. The third-order valence-corrected chi connectivity index (χ3v) is 3.70. The molecule has 1 N–H and O–H groups in total. The van der Waals surface area contributed by atoms with Gasteiger partial charge in [-0.05, 0) is 16.7 Å². The number of hydrogen-bond donors (Lipinski definition) is 1. The molecule has 1 aliphatic rings. The first-order valence-corrected chi connectivity index (χ1v) is 7.33. The van der Waals surface area contributed by atoms with E-state index < -0.39 is 6.04 Å². The average Bonchev–Trinajstić information content (AvgIpc) is 2.94. The van der Waals surface area contributed by atoms with E-state index in [0.717, 1.165) is 16.7 Å². The van der Waals surface area contributed by atoms with Crippen LogP contribution in [0.1, 0.15) is 12.0 Å². The number of esters is 1. The van der Waals surface area contributed by atoms with Crippen LogP contribution in [-0.2, 0) is 20.7 Å². The van der Waals surface area contributed by atoms with Crippen molar-refractivity contribution in [3.63, 3.8) is 0 Å². The van der Waals surface area contributed by atoms with Crippen molar-refractivity contribution in [2.45, 2.75) is 18.9 Å². The van der Waals surface area contributed by atoms with E-state index in [9.17, 15) is 9.59 Å². The van der Waals surface area contributed by atoms with Gasteiger partial charge in [-0.2, -0.15) is 0 Å². The van der Waals surface area contributed by atoms with E-state index in [4.69, 9.17) is 4.74 Å². The normalized spacial score (nSPS) is 17.1. The van der Waals surface area contributed by atoms with Gasteiger partial charge in [-0.15, -0.1) is 0 Å². The number of carbonyl (C=O) groups is 2. The van der Waals surface area contributed by atoms with Crippen LogP contribution in [0, 0.1) is 0 Å². The minimum Gasteiger partial charge on any atom is -0.464 e. The molecule has 0 radical (unpaired) electrons. The van der Waals surface area contributed by atoms with Crippen LogP contribution in [0.5, 0.6) is 0 Å². The second-order valence-electron chi connectivity index (χ2n) is 5.32. The Bertz CT molecular complexity index is 664. The van der Waals surface area contributed by atoms with Gasteiger partial charge in [0.2, 0.25) is 5.91 Å².